The van der Waals surface area contributed by atoms with Gasteiger partial charge in [0.1, 0.15) is 17.6 Å². The molecule has 0 unspecified atom stereocenters. The lowest BCUT2D eigenvalue weighted by molar-refractivity contribution is -0.139. The predicted molar refractivity (Wildman–Crippen MR) is 102 cm³/mol. The Morgan fingerprint density at radius 2 is 2.00 bits per heavy atom. The number of sulfonamides is 1. The number of likely N-dealkylation sites (tertiary alicyclic amines) is 1. The molecule has 0 atom stereocenters. The van der Waals surface area contributed by atoms with Crippen molar-refractivity contribution in [2.45, 2.75) is 31.3 Å². The first-order valence-corrected chi connectivity index (χ1v) is 10.3. The minimum Gasteiger partial charge on any atom is -0.486 e. The van der Waals surface area contributed by atoms with Gasteiger partial charge in [-0.25, -0.2) is 17.9 Å². The highest BCUT2D eigenvalue weighted by molar-refractivity contribution is 7.89. The number of benzene rings is 1. The number of ether oxygens (including phenoxy) is 1. The summed E-state index contributed by atoms with van der Waals surface area (Å²) in [6, 6.07) is 9.46. The molecule has 8 nitrogen and oxygen atoms in total. The van der Waals surface area contributed by atoms with E-state index in [1.54, 1.807) is 30.0 Å². The maximum Gasteiger partial charge on any atom is 0.339 e. The Bertz CT molecular complexity index is 1020. The molecule has 1 saturated heterocycles. The van der Waals surface area contributed by atoms with E-state index in [9.17, 15) is 18.0 Å². The van der Waals surface area contributed by atoms with E-state index in [4.69, 9.17) is 9.15 Å². The van der Waals surface area contributed by atoms with Crippen molar-refractivity contribution in [2.75, 3.05) is 19.6 Å². The first-order valence-electron chi connectivity index (χ1n) is 8.85. The van der Waals surface area contributed by atoms with Crippen LogP contribution in [0, 0.1) is 13.8 Å². The SMILES string of the molecule is Cc1cccc(S(=O)(=O)NCCC(=O)N2CC(Oc3cc(C)oc(=O)c3)C2)c1. The number of carbonyl (C=O) groups excluding carboxylic acids is 1. The van der Waals surface area contributed by atoms with Crippen LogP contribution in [0.25, 0.3) is 0 Å². The van der Waals surface area contributed by atoms with Crippen LogP contribution in [0.15, 0.2) is 50.5 Å². The number of amides is 1. The van der Waals surface area contributed by atoms with Crippen LogP contribution >= 0.6 is 0 Å². The zero-order chi connectivity index (χ0) is 20.3. The van der Waals surface area contributed by atoms with Crippen molar-refractivity contribution >= 4 is 15.9 Å². The number of nitrogens with one attached hydrogen (secondary N) is 1. The smallest absolute Gasteiger partial charge is 0.339 e. The molecule has 1 amide bonds. The second kappa shape index (κ2) is 8.15. The van der Waals surface area contributed by atoms with Gasteiger partial charge in [0.05, 0.1) is 24.1 Å². The molecule has 0 saturated carbocycles. The molecular weight excluding hydrogens is 384 g/mol. The van der Waals surface area contributed by atoms with Crippen LogP contribution in [-0.2, 0) is 14.8 Å². The summed E-state index contributed by atoms with van der Waals surface area (Å²) in [7, 11) is -3.64. The molecule has 1 aliphatic heterocycles. The summed E-state index contributed by atoms with van der Waals surface area (Å²) in [5.74, 6) is 0.711. The number of aryl methyl sites for hydroxylation is 2. The van der Waals surface area contributed by atoms with Gasteiger partial charge in [0.15, 0.2) is 0 Å². The highest BCUT2D eigenvalue weighted by Gasteiger charge is 2.32. The monoisotopic (exact) mass is 406 g/mol. The zero-order valence-electron chi connectivity index (χ0n) is 15.7. The van der Waals surface area contributed by atoms with E-state index in [0.717, 1.165) is 5.56 Å². The summed E-state index contributed by atoms with van der Waals surface area (Å²) in [4.78, 5) is 25.3. The van der Waals surface area contributed by atoms with E-state index in [2.05, 4.69) is 4.72 Å². The third-order valence-electron chi connectivity index (χ3n) is 4.30. The van der Waals surface area contributed by atoms with Gasteiger partial charge in [-0.05, 0) is 31.5 Å². The molecule has 2 aromatic rings. The average molecular weight is 406 g/mol. The van der Waals surface area contributed by atoms with Crippen LogP contribution in [-0.4, -0.2) is 45.0 Å². The summed E-state index contributed by atoms with van der Waals surface area (Å²) in [6.07, 6.45) is -0.139. The fraction of sp³-hybridized carbons (Fsp3) is 0.368. The third kappa shape index (κ3) is 4.99. The molecule has 1 aromatic heterocycles. The molecule has 1 aliphatic rings. The number of hydrogen-bond acceptors (Lipinski definition) is 6. The Kier molecular flexibility index (Phi) is 5.85. The molecule has 0 radical (unpaired) electrons. The number of rotatable bonds is 7. The van der Waals surface area contributed by atoms with Gasteiger partial charge < -0.3 is 14.1 Å². The van der Waals surface area contributed by atoms with Crippen molar-refractivity contribution < 1.29 is 22.4 Å². The lowest BCUT2D eigenvalue weighted by Gasteiger charge is -2.39. The molecule has 1 fully saturated rings. The third-order valence-corrected chi connectivity index (χ3v) is 5.76. The first-order chi connectivity index (χ1) is 13.2. The van der Waals surface area contributed by atoms with E-state index < -0.39 is 15.6 Å². The second-order valence-corrected chi connectivity index (χ2v) is 8.49. The highest BCUT2D eigenvalue weighted by atomic mass is 32.2. The second-order valence-electron chi connectivity index (χ2n) is 6.73. The van der Waals surface area contributed by atoms with E-state index >= 15 is 0 Å². The molecule has 2 heterocycles. The summed E-state index contributed by atoms with van der Waals surface area (Å²) in [5.41, 5.74) is 0.361. The summed E-state index contributed by atoms with van der Waals surface area (Å²) < 4.78 is 37.4. The predicted octanol–water partition coefficient (Wildman–Crippen LogP) is 1.21. The minimum absolute atomic E-state index is 0.0239. The van der Waals surface area contributed by atoms with Gasteiger partial charge in [0, 0.05) is 19.0 Å². The van der Waals surface area contributed by atoms with Gasteiger partial charge in [0.2, 0.25) is 15.9 Å². The zero-order valence-corrected chi connectivity index (χ0v) is 16.5. The fourth-order valence-electron chi connectivity index (χ4n) is 2.87. The topological polar surface area (TPSA) is 106 Å². The number of hydrogen-bond donors (Lipinski definition) is 1. The van der Waals surface area contributed by atoms with Crippen molar-refractivity contribution in [2.24, 2.45) is 0 Å². The van der Waals surface area contributed by atoms with E-state index in [0.29, 0.717) is 24.6 Å². The van der Waals surface area contributed by atoms with Gasteiger partial charge in [-0.1, -0.05) is 12.1 Å². The van der Waals surface area contributed by atoms with Crippen LogP contribution in [0.1, 0.15) is 17.7 Å². The molecule has 150 valence electrons. The molecule has 0 bridgehead atoms. The minimum atomic E-state index is -3.64. The standard InChI is InChI=1S/C19H22N2O6S/c1-13-4-3-5-17(8-13)28(24,25)20-7-6-18(22)21-11-16(12-21)27-15-9-14(2)26-19(23)10-15/h3-5,8-10,16,20H,6-7,11-12H2,1-2H3. The first kappa shape index (κ1) is 20.1. The quantitative estimate of drug-likeness (QED) is 0.741. The lowest BCUT2D eigenvalue weighted by Crippen LogP contribution is -2.56. The molecule has 3 rings (SSSR count). The largest absolute Gasteiger partial charge is 0.486 e. The molecule has 0 spiro atoms. The normalized spacial score (nSPS) is 14.6. The Labute approximate surface area is 163 Å². The Balaban J connectivity index is 1.43. The van der Waals surface area contributed by atoms with Gasteiger partial charge in [0.25, 0.3) is 0 Å². The summed E-state index contributed by atoms with van der Waals surface area (Å²) in [6.45, 7) is 4.28. The maximum atomic E-state index is 12.2. The molecule has 1 N–H and O–H groups in total. The molecular formula is C19H22N2O6S. The molecule has 0 aliphatic carbocycles. The summed E-state index contributed by atoms with van der Waals surface area (Å²) in [5, 5.41) is 0. The molecule has 28 heavy (non-hydrogen) atoms. The van der Waals surface area contributed by atoms with Crippen LogP contribution in [0.4, 0.5) is 0 Å². The number of nitrogens with zero attached hydrogens (tertiary/aromatic N) is 1. The highest BCUT2D eigenvalue weighted by Crippen LogP contribution is 2.18. The van der Waals surface area contributed by atoms with Crippen molar-refractivity contribution in [3.63, 3.8) is 0 Å². The van der Waals surface area contributed by atoms with Crippen molar-refractivity contribution in [3.8, 4) is 5.75 Å². The Morgan fingerprint density at radius 3 is 2.68 bits per heavy atom. The van der Waals surface area contributed by atoms with E-state index in [1.807, 2.05) is 13.0 Å². The average Bonchev–Trinajstić information content (AvgIpc) is 2.56. The van der Waals surface area contributed by atoms with E-state index in [1.165, 1.54) is 12.1 Å². The lowest BCUT2D eigenvalue weighted by atomic mass is 10.1. The Hall–Kier alpha value is -2.65. The fourth-order valence-corrected chi connectivity index (χ4v) is 4.01. The van der Waals surface area contributed by atoms with Crippen molar-refractivity contribution in [3.05, 3.63) is 58.1 Å². The summed E-state index contributed by atoms with van der Waals surface area (Å²) >= 11 is 0. The molecule has 9 heteroatoms. The van der Waals surface area contributed by atoms with Crippen LogP contribution < -0.4 is 15.1 Å². The maximum absolute atomic E-state index is 12.2. The van der Waals surface area contributed by atoms with Gasteiger partial charge in [-0.2, -0.15) is 0 Å². The van der Waals surface area contributed by atoms with Gasteiger partial charge in [-0.3, -0.25) is 4.79 Å². The van der Waals surface area contributed by atoms with Crippen molar-refractivity contribution in [1.29, 1.82) is 0 Å². The van der Waals surface area contributed by atoms with E-state index in [-0.39, 0.29) is 29.9 Å². The number of carbonyl (C=O) groups is 1. The Morgan fingerprint density at radius 1 is 1.25 bits per heavy atom. The van der Waals surface area contributed by atoms with Crippen molar-refractivity contribution in [1.82, 2.24) is 9.62 Å². The van der Waals surface area contributed by atoms with Gasteiger partial charge in [-0.15, -0.1) is 0 Å². The molecule has 1 aromatic carbocycles. The van der Waals surface area contributed by atoms with Crippen LogP contribution in [0.2, 0.25) is 0 Å². The van der Waals surface area contributed by atoms with Crippen LogP contribution in [0.5, 0.6) is 5.75 Å². The van der Waals surface area contributed by atoms with Gasteiger partial charge >= 0.3 is 5.63 Å². The van der Waals surface area contributed by atoms with Crippen LogP contribution in [0.3, 0.4) is 0 Å².